The molecule has 0 fully saturated rings. The summed E-state index contributed by atoms with van der Waals surface area (Å²) < 4.78 is 0. The third kappa shape index (κ3) is 3.91. The molecule has 0 bridgehead atoms. The molecule has 0 saturated carbocycles. The van der Waals surface area contributed by atoms with E-state index in [1.54, 1.807) is 0 Å². The zero-order chi connectivity index (χ0) is 15.2. The van der Waals surface area contributed by atoms with Crippen LogP contribution in [0.5, 0.6) is 0 Å². The highest BCUT2D eigenvalue weighted by atomic mass is 32.1. The minimum atomic E-state index is -0.472. The Kier molecular flexibility index (Phi) is 5.50. The number of rotatable bonds is 7. The second kappa shape index (κ2) is 7.36. The number of hydrogen-bond acceptors (Lipinski definition) is 4. The molecule has 2 amide bonds. The summed E-state index contributed by atoms with van der Waals surface area (Å²) in [5, 5.41) is 3.39. The topological polar surface area (TPSA) is 89.3 Å². The van der Waals surface area contributed by atoms with Crippen molar-refractivity contribution in [1.29, 1.82) is 0 Å². The van der Waals surface area contributed by atoms with E-state index >= 15 is 0 Å². The largest absolute Gasteiger partial charge is 0.365 e. The maximum atomic E-state index is 11.9. The van der Waals surface area contributed by atoms with Gasteiger partial charge in [-0.25, -0.2) is 0 Å². The average molecular weight is 307 g/mol. The van der Waals surface area contributed by atoms with Crippen molar-refractivity contribution in [2.24, 2.45) is 5.73 Å². The molecule has 0 aromatic carbocycles. The summed E-state index contributed by atoms with van der Waals surface area (Å²) in [6, 6.07) is 0. The Bertz CT molecular complexity index is 551. The molecule has 0 unspecified atom stereocenters. The maximum Gasteiger partial charge on any atom is 0.251 e. The van der Waals surface area contributed by atoms with Crippen molar-refractivity contribution in [2.75, 3.05) is 5.32 Å². The Morgan fingerprint density at radius 3 is 2.71 bits per heavy atom. The van der Waals surface area contributed by atoms with Crippen LogP contribution in [-0.4, -0.2) is 18.1 Å². The van der Waals surface area contributed by atoms with E-state index in [9.17, 15) is 14.4 Å². The molecule has 1 aromatic rings. The van der Waals surface area contributed by atoms with E-state index in [1.165, 1.54) is 16.2 Å². The van der Waals surface area contributed by atoms with Crippen molar-refractivity contribution in [1.82, 2.24) is 0 Å². The van der Waals surface area contributed by atoms with Gasteiger partial charge in [-0.05, 0) is 44.1 Å². The molecular formula is C15H19N2O3S. The first-order valence-corrected chi connectivity index (χ1v) is 8.04. The van der Waals surface area contributed by atoms with E-state index < -0.39 is 5.91 Å². The number of aryl methyl sites for hydroxylation is 1. The lowest BCUT2D eigenvalue weighted by atomic mass is 9.95. The third-order valence-electron chi connectivity index (χ3n) is 3.60. The molecule has 21 heavy (non-hydrogen) atoms. The van der Waals surface area contributed by atoms with Crippen LogP contribution < -0.4 is 11.1 Å². The number of primary amides is 1. The fourth-order valence-corrected chi connectivity index (χ4v) is 3.90. The number of thiophene rings is 1. The van der Waals surface area contributed by atoms with E-state index in [1.807, 2.05) is 6.29 Å². The van der Waals surface area contributed by atoms with E-state index in [0.29, 0.717) is 36.2 Å². The summed E-state index contributed by atoms with van der Waals surface area (Å²) in [5.41, 5.74) is 6.98. The fourth-order valence-electron chi connectivity index (χ4n) is 2.59. The SMILES string of the molecule is NC(=O)c1c(NC(=O)CCCC[C]=O)sc2c1CCCC2. The van der Waals surface area contributed by atoms with Gasteiger partial charge in [-0.1, -0.05) is 0 Å². The van der Waals surface area contributed by atoms with E-state index in [-0.39, 0.29) is 5.91 Å². The molecule has 3 N–H and O–H groups in total. The van der Waals surface area contributed by atoms with Gasteiger partial charge < -0.3 is 11.1 Å². The zero-order valence-corrected chi connectivity index (χ0v) is 12.7. The number of anilines is 1. The highest BCUT2D eigenvalue weighted by Crippen LogP contribution is 2.37. The molecule has 1 radical (unpaired) electrons. The molecule has 2 rings (SSSR count). The first kappa shape index (κ1) is 15.7. The molecule has 1 aliphatic carbocycles. The van der Waals surface area contributed by atoms with Crippen LogP contribution in [0.25, 0.3) is 0 Å². The number of carbonyl (C=O) groups is 2. The third-order valence-corrected chi connectivity index (χ3v) is 4.81. The summed E-state index contributed by atoms with van der Waals surface area (Å²) in [6.07, 6.45) is 7.76. The predicted octanol–water partition coefficient (Wildman–Crippen LogP) is 2.33. The first-order valence-electron chi connectivity index (χ1n) is 7.22. The number of hydrogen-bond donors (Lipinski definition) is 2. The summed E-state index contributed by atoms with van der Waals surface area (Å²) >= 11 is 1.47. The highest BCUT2D eigenvalue weighted by Gasteiger charge is 2.24. The van der Waals surface area contributed by atoms with Crippen LogP contribution in [-0.2, 0) is 22.4 Å². The van der Waals surface area contributed by atoms with Crippen LogP contribution in [0.2, 0.25) is 0 Å². The molecule has 0 aliphatic heterocycles. The maximum absolute atomic E-state index is 11.9. The second-order valence-corrected chi connectivity index (χ2v) is 6.28. The van der Waals surface area contributed by atoms with Gasteiger partial charge in [0.2, 0.25) is 5.91 Å². The first-order chi connectivity index (χ1) is 10.1. The van der Waals surface area contributed by atoms with Crippen molar-refractivity contribution in [2.45, 2.75) is 51.4 Å². The summed E-state index contributed by atoms with van der Waals surface area (Å²) in [6.45, 7) is 0. The molecule has 6 heteroatoms. The van der Waals surface area contributed by atoms with Crippen LogP contribution in [0, 0.1) is 0 Å². The minimum Gasteiger partial charge on any atom is -0.365 e. The monoisotopic (exact) mass is 307 g/mol. The Hall–Kier alpha value is -1.69. The Labute approximate surface area is 127 Å². The molecule has 0 spiro atoms. The summed E-state index contributed by atoms with van der Waals surface area (Å²) in [4.78, 5) is 34.8. The van der Waals surface area contributed by atoms with Gasteiger partial charge in [0.15, 0.2) is 6.29 Å². The molecule has 113 valence electrons. The van der Waals surface area contributed by atoms with Gasteiger partial charge >= 0.3 is 0 Å². The molecular weight excluding hydrogens is 288 g/mol. The zero-order valence-electron chi connectivity index (χ0n) is 11.9. The van der Waals surface area contributed by atoms with Gasteiger partial charge in [0.25, 0.3) is 5.91 Å². The Morgan fingerprint density at radius 1 is 1.24 bits per heavy atom. The molecule has 1 heterocycles. The van der Waals surface area contributed by atoms with Gasteiger partial charge in [-0.3, -0.25) is 14.4 Å². The van der Waals surface area contributed by atoms with Crippen LogP contribution in [0.15, 0.2) is 0 Å². The minimum absolute atomic E-state index is 0.137. The van der Waals surface area contributed by atoms with Gasteiger partial charge in [-0.2, -0.15) is 0 Å². The molecule has 0 saturated heterocycles. The lowest BCUT2D eigenvalue weighted by molar-refractivity contribution is -0.116. The normalized spacial score (nSPS) is 13.5. The molecule has 1 aliphatic rings. The smallest absolute Gasteiger partial charge is 0.251 e. The van der Waals surface area contributed by atoms with Crippen molar-refractivity contribution >= 4 is 34.4 Å². The van der Waals surface area contributed by atoms with Gasteiger partial charge in [0.1, 0.15) is 5.00 Å². The number of carbonyl (C=O) groups excluding carboxylic acids is 3. The lowest BCUT2D eigenvalue weighted by Crippen LogP contribution is -2.18. The Morgan fingerprint density at radius 2 is 2.00 bits per heavy atom. The molecule has 5 nitrogen and oxygen atoms in total. The standard InChI is InChI=1S/C15H19N2O3S/c16-14(20)13-10-6-3-4-7-11(10)21-15(13)17-12(19)8-2-1-5-9-18/h1-8H2,(H2,16,20)(H,17,19). The number of amides is 2. The van der Waals surface area contributed by atoms with Crippen molar-refractivity contribution < 1.29 is 14.4 Å². The van der Waals surface area contributed by atoms with E-state index in [4.69, 9.17) is 5.73 Å². The van der Waals surface area contributed by atoms with Gasteiger partial charge in [0.05, 0.1) is 5.56 Å². The van der Waals surface area contributed by atoms with Crippen molar-refractivity contribution in [3.05, 3.63) is 16.0 Å². The average Bonchev–Trinajstić information content (AvgIpc) is 2.81. The fraction of sp³-hybridized carbons (Fsp3) is 0.533. The van der Waals surface area contributed by atoms with Crippen LogP contribution in [0.1, 0.15) is 59.3 Å². The van der Waals surface area contributed by atoms with Crippen molar-refractivity contribution in [3.8, 4) is 0 Å². The highest BCUT2D eigenvalue weighted by molar-refractivity contribution is 7.17. The quantitative estimate of drug-likeness (QED) is 0.758. The number of fused-ring (bicyclic) bond motifs is 1. The number of nitrogens with two attached hydrogens (primary N) is 1. The Balaban J connectivity index is 2.05. The second-order valence-electron chi connectivity index (χ2n) is 5.18. The number of unbranched alkanes of at least 4 members (excludes halogenated alkanes) is 2. The summed E-state index contributed by atoms with van der Waals surface area (Å²) in [5.74, 6) is -0.609. The van der Waals surface area contributed by atoms with Gasteiger partial charge in [0, 0.05) is 17.7 Å². The van der Waals surface area contributed by atoms with Crippen LogP contribution >= 0.6 is 11.3 Å². The van der Waals surface area contributed by atoms with E-state index in [0.717, 1.165) is 31.2 Å². The lowest BCUT2D eigenvalue weighted by Gasteiger charge is -2.11. The molecule has 1 aromatic heterocycles. The van der Waals surface area contributed by atoms with Gasteiger partial charge in [-0.15, -0.1) is 11.3 Å². The predicted molar refractivity (Wildman–Crippen MR) is 82.3 cm³/mol. The molecule has 0 atom stereocenters. The van der Waals surface area contributed by atoms with Crippen LogP contribution in [0.3, 0.4) is 0 Å². The van der Waals surface area contributed by atoms with E-state index in [2.05, 4.69) is 5.32 Å². The number of nitrogens with one attached hydrogen (secondary N) is 1. The summed E-state index contributed by atoms with van der Waals surface area (Å²) in [7, 11) is 0. The van der Waals surface area contributed by atoms with Crippen molar-refractivity contribution in [3.63, 3.8) is 0 Å². The van der Waals surface area contributed by atoms with Crippen LogP contribution in [0.4, 0.5) is 5.00 Å².